The minimum absolute atomic E-state index is 0. The van der Waals surface area contributed by atoms with Crippen LogP contribution in [0.3, 0.4) is 0 Å². The number of fused-ring (bicyclic) bond motifs is 1. The third-order valence-electron chi connectivity index (χ3n) is 4.31. The van der Waals surface area contributed by atoms with Gasteiger partial charge < -0.3 is 10.1 Å². The average molecular weight is 425 g/mol. The van der Waals surface area contributed by atoms with Crippen molar-refractivity contribution in [2.45, 2.75) is 0 Å². The van der Waals surface area contributed by atoms with Gasteiger partial charge in [-0.2, -0.15) is 0 Å². The molecule has 28 heavy (non-hydrogen) atoms. The quantitative estimate of drug-likeness (QED) is 0.441. The van der Waals surface area contributed by atoms with Gasteiger partial charge in [-0.25, -0.2) is 15.2 Å². The Hall–Kier alpha value is -1.80. The molecule has 1 radical (unpaired) electrons. The Kier molecular flexibility index (Phi) is 6.19. The first kappa shape index (κ1) is 20.9. The molecule has 1 saturated heterocycles. The summed E-state index contributed by atoms with van der Waals surface area (Å²) in [6, 6.07) is 12.3. The van der Waals surface area contributed by atoms with E-state index in [4.69, 9.17) is 23.2 Å². The maximum atomic E-state index is 12.8. The van der Waals surface area contributed by atoms with Crippen LogP contribution in [-0.2, 0) is 4.79 Å². The van der Waals surface area contributed by atoms with Crippen LogP contribution in [0.5, 0.6) is 0 Å². The van der Waals surface area contributed by atoms with Crippen LogP contribution >= 0.6 is 23.2 Å². The molecule has 137 valence electrons. The number of rotatable bonds is 3. The standard InChI is InChI=1S/C19H13Cl2N3O3.Na/c20-11-7-14(21)16-13(17(19(26)27)23-15(16)8-11)6-10-9-22-24(18(10)25)12-4-2-1-3-5-12;/h1-8,22-23H,9H2,(H,26,27);. The molecule has 0 saturated carbocycles. The van der Waals surface area contributed by atoms with Gasteiger partial charge in [0.25, 0.3) is 5.91 Å². The minimum atomic E-state index is -1.15. The van der Waals surface area contributed by atoms with E-state index < -0.39 is 5.97 Å². The Bertz CT molecular complexity index is 1110. The number of hydrazine groups is 1. The molecule has 0 unspecified atom stereocenters. The number of benzene rings is 2. The average Bonchev–Trinajstić information content (AvgIpc) is 3.17. The number of aromatic amines is 1. The second-order valence-electron chi connectivity index (χ2n) is 6.01. The predicted molar refractivity (Wildman–Crippen MR) is 111 cm³/mol. The molecule has 3 aromatic rings. The van der Waals surface area contributed by atoms with E-state index in [9.17, 15) is 14.7 Å². The fourth-order valence-electron chi connectivity index (χ4n) is 3.11. The number of carboxylic acids is 1. The van der Waals surface area contributed by atoms with Gasteiger partial charge in [-0.05, 0) is 30.3 Å². The molecule has 2 heterocycles. The molecule has 3 N–H and O–H groups in total. The first-order valence-electron chi connectivity index (χ1n) is 8.03. The molecular formula is C19H13Cl2N3NaO3. The zero-order chi connectivity index (χ0) is 19.1. The molecule has 9 heteroatoms. The van der Waals surface area contributed by atoms with E-state index in [1.807, 2.05) is 18.2 Å². The summed E-state index contributed by atoms with van der Waals surface area (Å²) in [5.41, 5.74) is 4.93. The third-order valence-corrected chi connectivity index (χ3v) is 4.82. The van der Waals surface area contributed by atoms with Crippen LogP contribution in [0.15, 0.2) is 48.0 Å². The molecule has 1 amide bonds. The molecule has 1 fully saturated rings. The summed E-state index contributed by atoms with van der Waals surface area (Å²) in [6.07, 6.45) is 1.56. The zero-order valence-corrected chi connectivity index (χ0v) is 18.3. The van der Waals surface area contributed by atoms with Crippen LogP contribution in [0, 0.1) is 0 Å². The number of hydrogen-bond donors (Lipinski definition) is 3. The smallest absolute Gasteiger partial charge is 0.352 e. The Labute approximate surface area is 192 Å². The Morgan fingerprint density at radius 1 is 1.18 bits per heavy atom. The predicted octanol–water partition coefficient (Wildman–Crippen LogP) is 3.73. The van der Waals surface area contributed by atoms with Gasteiger partial charge >= 0.3 is 5.97 Å². The Balaban J connectivity index is 0.00000225. The number of halogens is 2. The first-order chi connectivity index (χ1) is 13.0. The van der Waals surface area contributed by atoms with Crippen LogP contribution in [0.2, 0.25) is 10.0 Å². The fourth-order valence-corrected chi connectivity index (χ4v) is 3.71. The molecule has 6 nitrogen and oxygen atoms in total. The van der Waals surface area contributed by atoms with Crippen molar-refractivity contribution in [3.8, 4) is 0 Å². The molecule has 0 bridgehead atoms. The fraction of sp³-hybridized carbons (Fsp3) is 0.0526. The molecule has 1 aliphatic rings. The molecule has 2 aromatic carbocycles. The second kappa shape index (κ2) is 8.29. The van der Waals surface area contributed by atoms with Crippen molar-refractivity contribution in [2.75, 3.05) is 11.6 Å². The van der Waals surface area contributed by atoms with E-state index in [0.717, 1.165) is 0 Å². The summed E-state index contributed by atoms with van der Waals surface area (Å²) in [5, 5.41) is 12.2. The van der Waals surface area contributed by atoms with Crippen molar-refractivity contribution in [2.24, 2.45) is 0 Å². The number of nitrogens with one attached hydrogen (secondary N) is 2. The monoisotopic (exact) mass is 424 g/mol. The first-order valence-corrected chi connectivity index (χ1v) is 8.79. The topological polar surface area (TPSA) is 85.4 Å². The SMILES string of the molecule is O=C(O)c1[nH]c2cc(Cl)cc(Cl)c2c1C=C1CNN(c2ccccc2)C1=O.[Na]. The van der Waals surface area contributed by atoms with Gasteiger partial charge in [0.2, 0.25) is 0 Å². The molecule has 0 aliphatic carbocycles. The molecule has 1 aliphatic heterocycles. The largest absolute Gasteiger partial charge is 0.477 e. The van der Waals surface area contributed by atoms with E-state index in [0.29, 0.717) is 37.8 Å². The van der Waals surface area contributed by atoms with Gasteiger partial charge in [0, 0.05) is 63.2 Å². The molecule has 0 spiro atoms. The summed E-state index contributed by atoms with van der Waals surface area (Å²) in [7, 11) is 0. The summed E-state index contributed by atoms with van der Waals surface area (Å²) < 4.78 is 0. The van der Waals surface area contributed by atoms with Crippen LogP contribution in [0.4, 0.5) is 5.69 Å². The van der Waals surface area contributed by atoms with Crippen LogP contribution in [-0.4, -0.2) is 58.1 Å². The Morgan fingerprint density at radius 2 is 1.89 bits per heavy atom. The summed E-state index contributed by atoms with van der Waals surface area (Å²) in [6.45, 7) is 0.269. The van der Waals surface area contributed by atoms with Gasteiger partial charge in [-0.3, -0.25) is 4.79 Å². The van der Waals surface area contributed by atoms with Crippen molar-refractivity contribution in [3.05, 3.63) is 69.3 Å². The number of carbonyl (C=O) groups excluding carboxylic acids is 1. The molecule has 4 rings (SSSR count). The van der Waals surface area contributed by atoms with E-state index >= 15 is 0 Å². The summed E-state index contributed by atoms with van der Waals surface area (Å²) >= 11 is 12.3. The third kappa shape index (κ3) is 3.72. The van der Waals surface area contributed by atoms with Crippen molar-refractivity contribution in [3.63, 3.8) is 0 Å². The molecule has 0 atom stereocenters. The van der Waals surface area contributed by atoms with E-state index in [-0.39, 0.29) is 47.7 Å². The van der Waals surface area contributed by atoms with Gasteiger partial charge in [-0.1, -0.05) is 41.4 Å². The van der Waals surface area contributed by atoms with Crippen molar-refractivity contribution >= 4 is 87.3 Å². The van der Waals surface area contributed by atoms with Crippen LogP contribution in [0.25, 0.3) is 17.0 Å². The number of H-pyrrole nitrogens is 1. The number of para-hydroxylation sites is 1. The van der Waals surface area contributed by atoms with Gasteiger partial charge in [-0.15, -0.1) is 0 Å². The van der Waals surface area contributed by atoms with Gasteiger partial charge in [0.05, 0.1) is 10.7 Å². The summed E-state index contributed by atoms with van der Waals surface area (Å²) in [5.74, 6) is -1.40. The van der Waals surface area contributed by atoms with Gasteiger partial charge in [0.1, 0.15) is 5.69 Å². The second-order valence-corrected chi connectivity index (χ2v) is 6.85. The molecular weight excluding hydrogens is 412 g/mol. The number of carboxylic acid groups (broad SMARTS) is 1. The number of anilines is 1. The maximum absolute atomic E-state index is 12.8. The van der Waals surface area contributed by atoms with Gasteiger partial charge in [0.15, 0.2) is 0 Å². The normalized spacial score (nSPS) is 15.3. The number of amides is 1. The van der Waals surface area contributed by atoms with Crippen LogP contribution < -0.4 is 10.4 Å². The van der Waals surface area contributed by atoms with Crippen molar-refractivity contribution < 1.29 is 14.7 Å². The van der Waals surface area contributed by atoms with Crippen LogP contribution in [0.1, 0.15) is 16.1 Å². The molecule has 1 aromatic heterocycles. The Morgan fingerprint density at radius 3 is 2.57 bits per heavy atom. The minimum Gasteiger partial charge on any atom is -0.477 e. The number of hydrogen-bond acceptors (Lipinski definition) is 3. The number of carbonyl (C=O) groups is 2. The zero-order valence-electron chi connectivity index (χ0n) is 14.8. The van der Waals surface area contributed by atoms with E-state index in [1.54, 1.807) is 24.3 Å². The number of aromatic nitrogens is 1. The van der Waals surface area contributed by atoms with Crippen molar-refractivity contribution in [1.82, 2.24) is 10.4 Å². The van der Waals surface area contributed by atoms with E-state index in [2.05, 4.69) is 10.4 Å². The number of aromatic carboxylic acids is 1. The van der Waals surface area contributed by atoms with Crippen molar-refractivity contribution in [1.29, 1.82) is 0 Å². The maximum Gasteiger partial charge on any atom is 0.352 e. The van der Waals surface area contributed by atoms with E-state index in [1.165, 1.54) is 11.1 Å². The number of nitrogens with zero attached hydrogens (tertiary/aromatic N) is 1. The summed E-state index contributed by atoms with van der Waals surface area (Å²) in [4.78, 5) is 27.3.